The zero-order chi connectivity index (χ0) is 13.0. The second kappa shape index (κ2) is 5.50. The summed E-state index contributed by atoms with van der Waals surface area (Å²) in [4.78, 5) is 15.8. The predicted octanol–water partition coefficient (Wildman–Crippen LogP) is 2.41. The van der Waals surface area contributed by atoms with Crippen molar-refractivity contribution >= 4 is 22.9 Å². The Hall–Kier alpha value is -2.08. The number of methoxy groups -OCH3 is 2. The summed E-state index contributed by atoms with van der Waals surface area (Å²) >= 11 is 1.28. The molecule has 0 saturated heterocycles. The van der Waals surface area contributed by atoms with E-state index in [1.165, 1.54) is 18.4 Å². The largest absolute Gasteiger partial charge is 0.497 e. The number of aromatic nitrogens is 1. The number of ether oxygens (including phenoxy) is 2. The number of anilines is 1. The van der Waals surface area contributed by atoms with Gasteiger partial charge in [0.1, 0.15) is 11.5 Å². The first kappa shape index (κ1) is 12.4. The van der Waals surface area contributed by atoms with Crippen LogP contribution in [0.15, 0.2) is 29.8 Å². The number of nitrogens with zero attached hydrogens (tertiary/aromatic N) is 1. The summed E-state index contributed by atoms with van der Waals surface area (Å²) in [6.45, 7) is 0. The van der Waals surface area contributed by atoms with Gasteiger partial charge in [0.15, 0.2) is 5.01 Å². The van der Waals surface area contributed by atoms with Crippen molar-refractivity contribution in [3.05, 3.63) is 34.8 Å². The van der Waals surface area contributed by atoms with Crippen LogP contribution in [0.4, 0.5) is 5.69 Å². The van der Waals surface area contributed by atoms with Gasteiger partial charge >= 0.3 is 0 Å². The number of rotatable bonds is 4. The molecule has 6 heteroatoms. The summed E-state index contributed by atoms with van der Waals surface area (Å²) in [5, 5.41) is 4.90. The Bertz CT molecular complexity index is 540. The first-order valence-corrected chi connectivity index (χ1v) is 6.05. The Labute approximate surface area is 108 Å². The van der Waals surface area contributed by atoms with Gasteiger partial charge in [0.05, 0.1) is 19.9 Å². The monoisotopic (exact) mass is 264 g/mol. The first-order valence-electron chi connectivity index (χ1n) is 5.17. The van der Waals surface area contributed by atoms with Crippen LogP contribution in [0.25, 0.3) is 0 Å². The van der Waals surface area contributed by atoms with Crippen LogP contribution in [0, 0.1) is 0 Å². The summed E-state index contributed by atoms with van der Waals surface area (Å²) in [5.41, 5.74) is 0.582. The number of hydrogen-bond donors (Lipinski definition) is 1. The third kappa shape index (κ3) is 2.60. The number of carbonyl (C=O) groups is 1. The zero-order valence-corrected chi connectivity index (χ0v) is 10.8. The Morgan fingerprint density at radius 1 is 1.33 bits per heavy atom. The van der Waals surface area contributed by atoms with Crippen LogP contribution in [-0.2, 0) is 0 Å². The SMILES string of the molecule is COc1ccc(NC(=O)c2nccs2)c(OC)c1. The van der Waals surface area contributed by atoms with Crippen LogP contribution in [0.1, 0.15) is 9.80 Å². The summed E-state index contributed by atoms with van der Waals surface area (Å²) in [6.07, 6.45) is 1.59. The van der Waals surface area contributed by atoms with E-state index < -0.39 is 0 Å². The minimum absolute atomic E-state index is 0.256. The summed E-state index contributed by atoms with van der Waals surface area (Å²) in [5.74, 6) is 0.951. The highest BCUT2D eigenvalue weighted by atomic mass is 32.1. The zero-order valence-electron chi connectivity index (χ0n) is 9.97. The van der Waals surface area contributed by atoms with Crippen molar-refractivity contribution in [2.24, 2.45) is 0 Å². The van der Waals surface area contributed by atoms with Gasteiger partial charge in [0.25, 0.3) is 5.91 Å². The highest BCUT2D eigenvalue weighted by Crippen LogP contribution is 2.29. The third-order valence-corrected chi connectivity index (χ3v) is 3.06. The van der Waals surface area contributed by atoms with E-state index in [4.69, 9.17) is 9.47 Å². The van der Waals surface area contributed by atoms with E-state index in [9.17, 15) is 4.79 Å². The molecule has 1 aromatic heterocycles. The number of nitrogens with one attached hydrogen (secondary N) is 1. The summed E-state index contributed by atoms with van der Waals surface area (Å²) in [6, 6.07) is 5.18. The van der Waals surface area contributed by atoms with Gasteiger partial charge in [-0.2, -0.15) is 0 Å². The maximum atomic E-state index is 11.8. The summed E-state index contributed by atoms with van der Waals surface area (Å²) < 4.78 is 10.3. The Balaban J connectivity index is 2.21. The molecule has 0 spiro atoms. The van der Waals surface area contributed by atoms with E-state index in [1.807, 2.05) is 0 Å². The quantitative estimate of drug-likeness (QED) is 0.921. The molecule has 2 aromatic rings. The maximum absolute atomic E-state index is 11.8. The Morgan fingerprint density at radius 3 is 2.78 bits per heavy atom. The van der Waals surface area contributed by atoms with Crippen molar-refractivity contribution in [1.82, 2.24) is 4.98 Å². The molecular formula is C12H12N2O3S. The van der Waals surface area contributed by atoms with Crippen LogP contribution < -0.4 is 14.8 Å². The lowest BCUT2D eigenvalue weighted by Gasteiger charge is -2.10. The first-order chi connectivity index (χ1) is 8.74. The van der Waals surface area contributed by atoms with E-state index in [0.29, 0.717) is 22.2 Å². The van der Waals surface area contributed by atoms with Crippen molar-refractivity contribution in [3.8, 4) is 11.5 Å². The van der Waals surface area contributed by atoms with Gasteiger partial charge in [-0.05, 0) is 12.1 Å². The molecule has 0 radical (unpaired) electrons. The molecule has 0 aliphatic rings. The lowest BCUT2D eigenvalue weighted by Crippen LogP contribution is -2.12. The van der Waals surface area contributed by atoms with Crippen LogP contribution in [0.5, 0.6) is 11.5 Å². The smallest absolute Gasteiger partial charge is 0.284 e. The molecular weight excluding hydrogens is 252 g/mol. The van der Waals surface area contributed by atoms with Gasteiger partial charge in [-0.3, -0.25) is 4.79 Å². The fraction of sp³-hybridized carbons (Fsp3) is 0.167. The van der Waals surface area contributed by atoms with Gasteiger partial charge in [-0.25, -0.2) is 4.98 Å². The van der Waals surface area contributed by atoms with Crippen LogP contribution in [-0.4, -0.2) is 25.1 Å². The molecule has 0 aliphatic carbocycles. The predicted molar refractivity (Wildman–Crippen MR) is 69.6 cm³/mol. The van der Waals surface area contributed by atoms with Gasteiger partial charge < -0.3 is 14.8 Å². The number of amides is 1. The topological polar surface area (TPSA) is 60.5 Å². The van der Waals surface area contributed by atoms with E-state index in [-0.39, 0.29) is 5.91 Å². The molecule has 5 nitrogen and oxygen atoms in total. The number of benzene rings is 1. The lowest BCUT2D eigenvalue weighted by molar-refractivity contribution is 0.102. The number of thiazole rings is 1. The maximum Gasteiger partial charge on any atom is 0.284 e. The second-order valence-electron chi connectivity index (χ2n) is 3.36. The fourth-order valence-electron chi connectivity index (χ4n) is 1.41. The normalized spacial score (nSPS) is 9.89. The molecule has 0 bridgehead atoms. The number of hydrogen-bond acceptors (Lipinski definition) is 5. The minimum atomic E-state index is -0.256. The van der Waals surface area contributed by atoms with E-state index in [0.717, 1.165) is 0 Å². The highest BCUT2D eigenvalue weighted by Gasteiger charge is 2.12. The van der Waals surface area contributed by atoms with Crippen LogP contribution >= 0.6 is 11.3 Å². The molecule has 0 aliphatic heterocycles. The Morgan fingerprint density at radius 2 is 2.17 bits per heavy atom. The summed E-state index contributed by atoms with van der Waals surface area (Å²) in [7, 11) is 3.11. The average Bonchev–Trinajstić information content (AvgIpc) is 2.93. The minimum Gasteiger partial charge on any atom is -0.497 e. The van der Waals surface area contributed by atoms with Crippen LogP contribution in [0.3, 0.4) is 0 Å². The lowest BCUT2D eigenvalue weighted by atomic mass is 10.2. The Kier molecular flexibility index (Phi) is 3.78. The van der Waals surface area contributed by atoms with Crippen LogP contribution in [0.2, 0.25) is 0 Å². The molecule has 1 amide bonds. The van der Waals surface area contributed by atoms with Gasteiger partial charge in [0, 0.05) is 17.6 Å². The molecule has 1 aromatic carbocycles. The van der Waals surface area contributed by atoms with Crippen molar-refractivity contribution in [1.29, 1.82) is 0 Å². The molecule has 94 valence electrons. The van der Waals surface area contributed by atoms with Crippen molar-refractivity contribution in [3.63, 3.8) is 0 Å². The number of carbonyl (C=O) groups excluding carboxylic acids is 1. The van der Waals surface area contributed by atoms with E-state index in [1.54, 1.807) is 36.9 Å². The molecule has 0 saturated carbocycles. The molecule has 18 heavy (non-hydrogen) atoms. The average molecular weight is 264 g/mol. The van der Waals surface area contributed by atoms with Gasteiger partial charge in [0.2, 0.25) is 0 Å². The fourth-order valence-corrected chi connectivity index (χ4v) is 1.94. The molecule has 0 unspecified atom stereocenters. The standard InChI is InChI=1S/C12H12N2O3S/c1-16-8-3-4-9(10(7-8)17-2)14-11(15)12-13-5-6-18-12/h3-7H,1-2H3,(H,14,15). The molecule has 0 atom stereocenters. The molecule has 1 heterocycles. The van der Waals surface area contributed by atoms with Crippen molar-refractivity contribution in [2.45, 2.75) is 0 Å². The van der Waals surface area contributed by atoms with Gasteiger partial charge in [-0.15, -0.1) is 11.3 Å². The second-order valence-corrected chi connectivity index (χ2v) is 4.25. The molecule has 2 rings (SSSR count). The molecule has 0 fully saturated rings. The van der Waals surface area contributed by atoms with Crippen molar-refractivity contribution in [2.75, 3.05) is 19.5 Å². The third-order valence-electron chi connectivity index (χ3n) is 2.28. The molecule has 1 N–H and O–H groups in total. The van der Waals surface area contributed by atoms with Crippen molar-refractivity contribution < 1.29 is 14.3 Å². The van der Waals surface area contributed by atoms with Gasteiger partial charge in [-0.1, -0.05) is 0 Å². The van der Waals surface area contributed by atoms with E-state index in [2.05, 4.69) is 10.3 Å². The highest BCUT2D eigenvalue weighted by molar-refractivity contribution is 7.11. The van der Waals surface area contributed by atoms with E-state index >= 15 is 0 Å².